The van der Waals surface area contributed by atoms with Gasteiger partial charge in [-0.1, -0.05) is 23.7 Å². The summed E-state index contributed by atoms with van der Waals surface area (Å²) in [6.45, 7) is 10.5. The van der Waals surface area contributed by atoms with Crippen LogP contribution < -0.4 is 26.9 Å². The van der Waals surface area contributed by atoms with Crippen LogP contribution in [-0.4, -0.2) is 56.9 Å². The lowest BCUT2D eigenvalue weighted by atomic mass is 9.94. The molecule has 242 valence electrons. The highest BCUT2D eigenvalue weighted by atomic mass is 35.5. The van der Waals surface area contributed by atoms with Crippen molar-refractivity contribution in [3.05, 3.63) is 67.6 Å². The summed E-state index contributed by atoms with van der Waals surface area (Å²) < 4.78 is 28.6. The van der Waals surface area contributed by atoms with Gasteiger partial charge in [0, 0.05) is 25.0 Å². The van der Waals surface area contributed by atoms with Gasteiger partial charge in [0.05, 0.1) is 27.7 Å². The fourth-order valence-corrected chi connectivity index (χ4v) is 5.91. The first kappa shape index (κ1) is 32.1. The van der Waals surface area contributed by atoms with Crippen molar-refractivity contribution in [2.75, 3.05) is 23.4 Å². The van der Waals surface area contributed by atoms with Gasteiger partial charge in [0.15, 0.2) is 0 Å². The Morgan fingerprint density at radius 1 is 0.978 bits per heavy atom. The fraction of sp³-hybridized carbons (Fsp3) is 0.484. The molecule has 2 amide bonds. The van der Waals surface area contributed by atoms with Crippen LogP contribution in [0.25, 0.3) is 10.9 Å². The molecule has 2 aromatic carbocycles. The van der Waals surface area contributed by atoms with E-state index in [9.17, 15) is 24.3 Å². The van der Waals surface area contributed by atoms with Crippen molar-refractivity contribution in [1.82, 2.24) is 14.6 Å². The summed E-state index contributed by atoms with van der Waals surface area (Å²) in [6.07, 6.45) is -0.426. The molecule has 3 aromatic rings. The number of nitrogens with one attached hydrogen (secondary N) is 2. The van der Waals surface area contributed by atoms with E-state index in [1.807, 2.05) is 0 Å². The number of halogens is 2. The lowest BCUT2D eigenvalue weighted by Gasteiger charge is -2.24. The smallest absolute Gasteiger partial charge is 0.427 e. The number of hydrogen-bond acceptors (Lipinski definition) is 8. The van der Waals surface area contributed by atoms with Crippen LogP contribution in [0.3, 0.4) is 0 Å². The van der Waals surface area contributed by atoms with Crippen LogP contribution in [-0.2, 0) is 9.47 Å². The summed E-state index contributed by atoms with van der Waals surface area (Å²) in [6, 6.07) is 6.63. The van der Waals surface area contributed by atoms with Gasteiger partial charge < -0.3 is 24.8 Å². The number of carbonyl (C=O) groups excluding carboxylic acids is 2. The number of phenolic OH excluding ortho intramolecular Hbond substituents is 1. The number of carbonyl (C=O) groups is 2. The number of rotatable bonds is 5. The van der Waals surface area contributed by atoms with Gasteiger partial charge in [-0.2, -0.15) is 4.68 Å². The highest BCUT2D eigenvalue weighted by molar-refractivity contribution is 6.38. The second kappa shape index (κ2) is 11.6. The molecule has 5 rings (SSSR count). The number of nitrogens with zero attached hydrogens (tertiary/aromatic N) is 3. The Morgan fingerprint density at radius 2 is 1.58 bits per heavy atom. The zero-order chi connectivity index (χ0) is 33.0. The van der Waals surface area contributed by atoms with E-state index >= 15 is 4.39 Å². The van der Waals surface area contributed by atoms with Crippen molar-refractivity contribution in [2.24, 2.45) is 0 Å². The largest absolute Gasteiger partial charge is 0.508 e. The van der Waals surface area contributed by atoms with Gasteiger partial charge in [0.25, 0.3) is 5.56 Å². The summed E-state index contributed by atoms with van der Waals surface area (Å²) in [5, 5.41) is 12.4. The summed E-state index contributed by atoms with van der Waals surface area (Å²) in [5.41, 5.74) is -0.456. The quantitative estimate of drug-likeness (QED) is 0.353. The predicted octanol–water partition coefficient (Wildman–Crippen LogP) is 4.97. The van der Waals surface area contributed by atoms with Gasteiger partial charge in [-0.25, -0.2) is 24.2 Å². The number of fused-ring (bicyclic) bond motifs is 1. The Hall–Kier alpha value is -4.26. The molecule has 12 nitrogen and oxygen atoms in total. The number of aromatic nitrogens is 2. The molecule has 0 radical (unpaired) electrons. The van der Waals surface area contributed by atoms with Crippen LogP contribution in [0.4, 0.5) is 19.7 Å². The van der Waals surface area contributed by atoms with Crippen molar-refractivity contribution in [3.8, 4) is 5.75 Å². The number of ether oxygens (including phenoxy) is 2. The molecule has 1 aliphatic carbocycles. The second-order valence-corrected chi connectivity index (χ2v) is 13.8. The number of phenols is 1. The molecule has 2 aliphatic rings. The summed E-state index contributed by atoms with van der Waals surface area (Å²) >= 11 is 6.90. The third kappa shape index (κ3) is 6.87. The minimum absolute atomic E-state index is 0.0347. The number of anilines is 1. The van der Waals surface area contributed by atoms with E-state index in [-0.39, 0.29) is 52.4 Å². The molecule has 3 N–H and O–H groups in total. The molecule has 2 fully saturated rings. The number of benzene rings is 2. The SMILES string of the molecule is CC(C)(C)OC(=O)N[C@H]1CN(c2c(F)cc3c(=O)n(NC(=O)OC(C)(C)C)c(=O)n(C4CC4)c3c2Cl)C[C@@H]1c1ccc(O)cc1. The van der Waals surface area contributed by atoms with Crippen LogP contribution in [0.1, 0.15) is 71.9 Å². The van der Waals surface area contributed by atoms with Crippen molar-refractivity contribution >= 4 is 40.4 Å². The molecule has 2 heterocycles. The Bertz CT molecular complexity index is 1770. The zero-order valence-corrected chi connectivity index (χ0v) is 26.7. The number of hydrogen-bond donors (Lipinski definition) is 3. The monoisotopic (exact) mass is 645 g/mol. The molecule has 45 heavy (non-hydrogen) atoms. The zero-order valence-electron chi connectivity index (χ0n) is 25.9. The van der Waals surface area contributed by atoms with Crippen molar-refractivity contribution in [1.29, 1.82) is 0 Å². The minimum atomic E-state index is -1.02. The summed E-state index contributed by atoms with van der Waals surface area (Å²) in [4.78, 5) is 54.0. The molecule has 0 unspecified atom stereocenters. The van der Waals surface area contributed by atoms with Gasteiger partial charge in [-0.15, -0.1) is 0 Å². The van der Waals surface area contributed by atoms with Crippen LogP contribution in [0.15, 0.2) is 39.9 Å². The first-order valence-electron chi connectivity index (χ1n) is 14.7. The maximum atomic E-state index is 16.1. The Morgan fingerprint density at radius 3 is 2.16 bits per heavy atom. The Labute approximate surface area is 263 Å². The third-order valence-corrected chi connectivity index (χ3v) is 7.77. The summed E-state index contributed by atoms with van der Waals surface area (Å²) in [5.74, 6) is -1.11. The van der Waals surface area contributed by atoms with Crippen molar-refractivity contribution in [3.63, 3.8) is 0 Å². The number of alkyl carbamates (subject to hydrolysis) is 1. The predicted molar refractivity (Wildman–Crippen MR) is 168 cm³/mol. The first-order chi connectivity index (χ1) is 20.9. The van der Waals surface area contributed by atoms with E-state index in [0.29, 0.717) is 17.5 Å². The molecule has 0 spiro atoms. The van der Waals surface area contributed by atoms with Crippen LogP contribution in [0, 0.1) is 5.82 Å². The van der Waals surface area contributed by atoms with E-state index in [0.717, 1.165) is 11.6 Å². The lowest BCUT2D eigenvalue weighted by Crippen LogP contribution is -2.48. The lowest BCUT2D eigenvalue weighted by molar-refractivity contribution is 0.0503. The van der Waals surface area contributed by atoms with Gasteiger partial charge in [-0.05, 0) is 78.1 Å². The van der Waals surface area contributed by atoms with Crippen molar-refractivity contribution in [2.45, 2.75) is 83.6 Å². The topological polar surface area (TPSA) is 144 Å². The van der Waals surface area contributed by atoms with E-state index in [1.165, 1.54) is 16.7 Å². The second-order valence-electron chi connectivity index (χ2n) is 13.4. The van der Waals surface area contributed by atoms with E-state index < -0.39 is 46.5 Å². The standard InChI is InChI=1S/C31H37ClFN5O7/c1-30(2,3)44-27(41)34-22-15-36(14-20(22)16-7-11-18(39)12-8-16)25-21(33)13-19-24(23(25)32)37(17-9-10-17)29(43)38(26(19)40)35-28(42)45-31(4,5)6/h7-8,11-13,17,20,22,39H,9-10,14-15H2,1-6H3,(H,34,41)(H,35,42)/t20-,22+/m1/s1. The Balaban J connectivity index is 1.58. The molecule has 1 aliphatic heterocycles. The van der Waals surface area contributed by atoms with E-state index in [2.05, 4.69) is 10.7 Å². The molecule has 1 saturated carbocycles. The van der Waals surface area contributed by atoms with Crippen LogP contribution in [0.5, 0.6) is 5.75 Å². The molecule has 0 bridgehead atoms. The molecule has 1 aromatic heterocycles. The van der Waals surface area contributed by atoms with Crippen LogP contribution in [0.2, 0.25) is 5.02 Å². The summed E-state index contributed by atoms with van der Waals surface area (Å²) in [7, 11) is 0. The minimum Gasteiger partial charge on any atom is -0.508 e. The molecule has 2 atom stereocenters. The number of aromatic hydroxyl groups is 1. The molecular formula is C31H37ClFN5O7. The van der Waals surface area contributed by atoms with Gasteiger partial charge in [0.2, 0.25) is 0 Å². The maximum absolute atomic E-state index is 16.1. The Kier molecular flexibility index (Phi) is 8.28. The normalized spacial score (nSPS) is 18.6. The van der Waals surface area contributed by atoms with Crippen molar-refractivity contribution < 1.29 is 28.6 Å². The fourth-order valence-electron chi connectivity index (χ4n) is 5.51. The highest BCUT2D eigenvalue weighted by Gasteiger charge is 2.39. The maximum Gasteiger partial charge on any atom is 0.427 e. The molecule has 1 saturated heterocycles. The van der Waals surface area contributed by atoms with E-state index in [1.54, 1.807) is 58.6 Å². The van der Waals surface area contributed by atoms with Gasteiger partial charge in [0.1, 0.15) is 22.8 Å². The molecule has 14 heteroatoms. The first-order valence-corrected chi connectivity index (χ1v) is 15.0. The van der Waals surface area contributed by atoms with Crippen LogP contribution >= 0.6 is 11.6 Å². The highest BCUT2D eigenvalue weighted by Crippen LogP contribution is 2.43. The van der Waals surface area contributed by atoms with Gasteiger partial charge >= 0.3 is 17.9 Å². The average Bonchev–Trinajstić information content (AvgIpc) is 3.66. The molecular weight excluding hydrogens is 609 g/mol. The average molecular weight is 646 g/mol. The number of amides is 2. The third-order valence-electron chi connectivity index (χ3n) is 7.41. The van der Waals surface area contributed by atoms with Gasteiger partial charge in [-0.3, -0.25) is 9.36 Å². The van der Waals surface area contributed by atoms with E-state index in [4.69, 9.17) is 21.1 Å².